The summed E-state index contributed by atoms with van der Waals surface area (Å²) in [6, 6.07) is 0.625. The summed E-state index contributed by atoms with van der Waals surface area (Å²) < 4.78 is 1.88. The summed E-state index contributed by atoms with van der Waals surface area (Å²) in [5, 5.41) is 7.63. The molecular weight excluding hydrogens is 176 g/mol. The summed E-state index contributed by atoms with van der Waals surface area (Å²) in [5.74, 6) is 2.34. The number of hydrogen-bond donors (Lipinski definition) is 1. The van der Waals surface area contributed by atoms with Gasteiger partial charge in [0.05, 0.1) is 0 Å². The van der Waals surface area contributed by atoms with Gasteiger partial charge in [0.25, 0.3) is 0 Å². The van der Waals surface area contributed by atoms with Gasteiger partial charge in [0, 0.05) is 25.6 Å². The van der Waals surface area contributed by atoms with E-state index in [1.807, 2.05) is 11.7 Å². The highest BCUT2D eigenvalue weighted by atomic mass is 15.3. The monoisotopic (exact) mass is 194 g/mol. The van der Waals surface area contributed by atoms with Crippen LogP contribution in [0.3, 0.4) is 0 Å². The fraction of sp³-hybridized carbons (Fsp3) is 0.800. The SMILES string of the molecule is CC1CC(c2ncnn2C)CNC1C. The lowest BCUT2D eigenvalue weighted by Gasteiger charge is -2.32. The lowest BCUT2D eigenvalue weighted by Crippen LogP contribution is -2.42. The summed E-state index contributed by atoms with van der Waals surface area (Å²) in [6.07, 6.45) is 2.85. The second-order valence-electron chi connectivity index (χ2n) is 4.35. The molecule has 0 radical (unpaired) electrons. The molecule has 1 aromatic heterocycles. The first-order valence-electron chi connectivity index (χ1n) is 5.25. The van der Waals surface area contributed by atoms with E-state index < -0.39 is 0 Å². The molecule has 2 rings (SSSR count). The topological polar surface area (TPSA) is 42.7 Å². The van der Waals surface area contributed by atoms with Gasteiger partial charge in [-0.25, -0.2) is 4.98 Å². The molecule has 1 aliphatic rings. The maximum atomic E-state index is 4.31. The molecule has 1 aromatic rings. The number of nitrogens with zero attached hydrogens (tertiary/aromatic N) is 3. The van der Waals surface area contributed by atoms with Crippen LogP contribution in [0.1, 0.15) is 32.0 Å². The maximum Gasteiger partial charge on any atom is 0.138 e. The van der Waals surface area contributed by atoms with Crippen LogP contribution in [-0.2, 0) is 7.05 Å². The van der Waals surface area contributed by atoms with Gasteiger partial charge < -0.3 is 5.32 Å². The lowest BCUT2D eigenvalue weighted by molar-refractivity contribution is 0.280. The summed E-state index contributed by atoms with van der Waals surface area (Å²) in [4.78, 5) is 4.31. The molecule has 0 saturated carbocycles. The van der Waals surface area contributed by atoms with E-state index in [-0.39, 0.29) is 0 Å². The molecule has 14 heavy (non-hydrogen) atoms. The van der Waals surface area contributed by atoms with Crippen LogP contribution in [0.4, 0.5) is 0 Å². The number of aromatic nitrogens is 3. The molecule has 0 amide bonds. The van der Waals surface area contributed by atoms with Crippen molar-refractivity contribution < 1.29 is 0 Å². The number of hydrogen-bond acceptors (Lipinski definition) is 3. The van der Waals surface area contributed by atoms with E-state index in [1.54, 1.807) is 6.33 Å². The minimum Gasteiger partial charge on any atom is -0.313 e. The zero-order valence-corrected chi connectivity index (χ0v) is 9.07. The van der Waals surface area contributed by atoms with Gasteiger partial charge in [0.15, 0.2) is 0 Å². The van der Waals surface area contributed by atoms with E-state index in [2.05, 4.69) is 29.2 Å². The molecule has 1 fully saturated rings. The van der Waals surface area contributed by atoms with Gasteiger partial charge in [-0.2, -0.15) is 5.10 Å². The lowest BCUT2D eigenvalue weighted by atomic mass is 9.86. The molecule has 78 valence electrons. The minimum atomic E-state index is 0.522. The van der Waals surface area contributed by atoms with E-state index in [0.29, 0.717) is 17.9 Å². The van der Waals surface area contributed by atoms with Crippen molar-refractivity contribution in [3.63, 3.8) is 0 Å². The van der Waals surface area contributed by atoms with Gasteiger partial charge in [-0.05, 0) is 19.3 Å². The van der Waals surface area contributed by atoms with E-state index in [1.165, 1.54) is 6.42 Å². The molecule has 1 saturated heterocycles. The third-order valence-electron chi connectivity index (χ3n) is 3.31. The zero-order valence-electron chi connectivity index (χ0n) is 9.07. The van der Waals surface area contributed by atoms with Crippen molar-refractivity contribution >= 4 is 0 Å². The highest BCUT2D eigenvalue weighted by molar-refractivity contribution is 5.00. The second kappa shape index (κ2) is 3.69. The van der Waals surface area contributed by atoms with E-state index >= 15 is 0 Å². The quantitative estimate of drug-likeness (QED) is 0.723. The second-order valence-corrected chi connectivity index (χ2v) is 4.35. The average Bonchev–Trinajstić information content (AvgIpc) is 2.57. The standard InChI is InChI=1S/C10H18N4/c1-7-4-9(5-11-8(7)2)10-12-6-13-14(10)3/h6-9,11H,4-5H2,1-3H3. The van der Waals surface area contributed by atoms with Crippen molar-refractivity contribution in [1.29, 1.82) is 0 Å². The molecule has 0 spiro atoms. The van der Waals surface area contributed by atoms with Crippen LogP contribution in [0, 0.1) is 5.92 Å². The molecule has 0 aliphatic carbocycles. The van der Waals surface area contributed by atoms with Crippen molar-refractivity contribution in [2.24, 2.45) is 13.0 Å². The predicted molar refractivity (Wildman–Crippen MR) is 55.0 cm³/mol. The first kappa shape index (κ1) is 9.65. The number of piperidine rings is 1. The van der Waals surface area contributed by atoms with Crippen molar-refractivity contribution in [3.05, 3.63) is 12.2 Å². The largest absolute Gasteiger partial charge is 0.313 e. The molecule has 0 aromatic carbocycles. The van der Waals surface area contributed by atoms with Gasteiger partial charge >= 0.3 is 0 Å². The first-order valence-corrected chi connectivity index (χ1v) is 5.25. The Morgan fingerprint density at radius 2 is 2.29 bits per heavy atom. The fourth-order valence-corrected chi connectivity index (χ4v) is 2.14. The summed E-state index contributed by atoms with van der Waals surface area (Å²) >= 11 is 0. The summed E-state index contributed by atoms with van der Waals surface area (Å²) in [5.41, 5.74) is 0. The molecule has 0 bridgehead atoms. The highest BCUT2D eigenvalue weighted by Gasteiger charge is 2.27. The zero-order chi connectivity index (χ0) is 10.1. The molecule has 1 aliphatic heterocycles. The molecule has 1 N–H and O–H groups in total. The normalized spacial score (nSPS) is 33.2. The van der Waals surface area contributed by atoms with E-state index in [9.17, 15) is 0 Å². The Morgan fingerprint density at radius 1 is 1.50 bits per heavy atom. The Morgan fingerprint density at radius 3 is 2.86 bits per heavy atom. The number of aryl methyl sites for hydroxylation is 1. The summed E-state index contributed by atoms with van der Waals surface area (Å²) in [6.45, 7) is 5.57. The van der Waals surface area contributed by atoms with E-state index in [4.69, 9.17) is 0 Å². The third kappa shape index (κ3) is 1.66. The van der Waals surface area contributed by atoms with Crippen LogP contribution in [0.2, 0.25) is 0 Å². The van der Waals surface area contributed by atoms with Gasteiger partial charge in [0.1, 0.15) is 12.2 Å². The third-order valence-corrected chi connectivity index (χ3v) is 3.31. The molecule has 4 nitrogen and oxygen atoms in total. The Kier molecular flexibility index (Phi) is 2.54. The summed E-state index contributed by atoms with van der Waals surface area (Å²) in [7, 11) is 1.96. The maximum absolute atomic E-state index is 4.31. The molecular formula is C10H18N4. The van der Waals surface area contributed by atoms with Crippen LogP contribution in [0.5, 0.6) is 0 Å². The first-order chi connectivity index (χ1) is 6.68. The van der Waals surface area contributed by atoms with Crippen molar-refractivity contribution in [2.75, 3.05) is 6.54 Å². The smallest absolute Gasteiger partial charge is 0.138 e. The highest BCUT2D eigenvalue weighted by Crippen LogP contribution is 2.26. The fourth-order valence-electron chi connectivity index (χ4n) is 2.14. The Labute approximate surface area is 84.7 Å². The molecule has 2 heterocycles. The van der Waals surface area contributed by atoms with Crippen LogP contribution in [0.25, 0.3) is 0 Å². The molecule has 3 atom stereocenters. The Balaban J connectivity index is 2.10. The van der Waals surface area contributed by atoms with Gasteiger partial charge in [-0.15, -0.1) is 0 Å². The Hall–Kier alpha value is -0.900. The number of rotatable bonds is 1. The molecule has 4 heteroatoms. The minimum absolute atomic E-state index is 0.522. The van der Waals surface area contributed by atoms with Crippen molar-refractivity contribution in [2.45, 2.75) is 32.2 Å². The van der Waals surface area contributed by atoms with Crippen LogP contribution in [0.15, 0.2) is 6.33 Å². The predicted octanol–water partition coefficient (Wildman–Crippen LogP) is 0.917. The average molecular weight is 194 g/mol. The van der Waals surface area contributed by atoms with Crippen LogP contribution >= 0.6 is 0 Å². The van der Waals surface area contributed by atoms with Crippen LogP contribution < -0.4 is 5.32 Å². The number of nitrogens with one attached hydrogen (secondary N) is 1. The Bertz CT molecular complexity index is 307. The molecule has 3 unspecified atom stereocenters. The van der Waals surface area contributed by atoms with Gasteiger partial charge in [-0.1, -0.05) is 6.92 Å². The van der Waals surface area contributed by atoms with Gasteiger partial charge in [-0.3, -0.25) is 4.68 Å². The van der Waals surface area contributed by atoms with Crippen LogP contribution in [-0.4, -0.2) is 27.4 Å². The van der Waals surface area contributed by atoms with E-state index in [0.717, 1.165) is 12.4 Å². The van der Waals surface area contributed by atoms with Crippen molar-refractivity contribution in [3.8, 4) is 0 Å². The van der Waals surface area contributed by atoms with Gasteiger partial charge in [0.2, 0.25) is 0 Å². The van der Waals surface area contributed by atoms with Crippen molar-refractivity contribution in [1.82, 2.24) is 20.1 Å².